The minimum absolute atomic E-state index is 0.0339. The molecule has 2 bridgehead atoms. The Hall–Kier alpha value is -1.51. The van der Waals surface area contributed by atoms with Gasteiger partial charge in [-0.1, -0.05) is 18.6 Å². The summed E-state index contributed by atoms with van der Waals surface area (Å²) in [6.07, 6.45) is 5.41. The van der Waals surface area contributed by atoms with Crippen LogP contribution in [0.4, 0.5) is 5.69 Å². The van der Waals surface area contributed by atoms with Gasteiger partial charge in [0, 0.05) is 11.7 Å². The van der Waals surface area contributed by atoms with E-state index >= 15 is 0 Å². The van der Waals surface area contributed by atoms with Gasteiger partial charge >= 0.3 is 0 Å². The smallest absolute Gasteiger partial charge is 0.253 e. The van der Waals surface area contributed by atoms with Crippen LogP contribution in [-0.2, 0) is 0 Å². The molecule has 2 saturated carbocycles. The number of nitrogens with one attached hydrogen (secondary N) is 1. The third-order valence-corrected chi connectivity index (χ3v) is 5.00. The van der Waals surface area contributed by atoms with E-state index in [0.717, 1.165) is 11.8 Å². The molecule has 1 aromatic carbocycles. The van der Waals surface area contributed by atoms with E-state index < -0.39 is 0 Å². The number of hydrogen-bond acceptors (Lipinski definition) is 2. The van der Waals surface area contributed by atoms with Gasteiger partial charge < -0.3 is 11.1 Å². The zero-order chi connectivity index (χ0) is 13.4. The maximum Gasteiger partial charge on any atom is 0.253 e. The molecule has 2 aliphatic rings. The number of hydrogen-bond donors (Lipinski definition) is 2. The third kappa shape index (κ3) is 2.34. The first kappa shape index (κ1) is 12.5. The number of amides is 1. The second-order valence-corrected chi connectivity index (χ2v) is 6.19. The highest BCUT2D eigenvalue weighted by Gasteiger charge is 2.42. The fourth-order valence-corrected chi connectivity index (χ4v) is 4.00. The lowest BCUT2D eigenvalue weighted by Gasteiger charge is -2.28. The minimum atomic E-state index is -0.0339. The van der Waals surface area contributed by atoms with Crippen molar-refractivity contribution in [3.05, 3.63) is 29.8 Å². The lowest BCUT2D eigenvalue weighted by atomic mass is 9.84. The van der Waals surface area contributed by atoms with Gasteiger partial charge in [-0.2, -0.15) is 0 Å². The monoisotopic (exact) mass is 258 g/mol. The molecule has 102 valence electrons. The molecule has 0 saturated heterocycles. The molecule has 3 rings (SSSR count). The van der Waals surface area contributed by atoms with Gasteiger partial charge in [-0.05, 0) is 56.1 Å². The Kier molecular flexibility index (Phi) is 3.21. The van der Waals surface area contributed by atoms with E-state index in [0.29, 0.717) is 17.2 Å². The van der Waals surface area contributed by atoms with Gasteiger partial charge in [-0.15, -0.1) is 0 Å². The maximum atomic E-state index is 12.2. The molecule has 0 aliphatic heterocycles. The van der Waals surface area contributed by atoms with Gasteiger partial charge in [0.05, 0.1) is 5.56 Å². The van der Waals surface area contributed by atoms with Crippen molar-refractivity contribution < 1.29 is 4.79 Å². The highest BCUT2D eigenvalue weighted by molar-refractivity contribution is 5.99. The number of nitrogen functional groups attached to an aromatic ring is 1. The summed E-state index contributed by atoms with van der Waals surface area (Å²) in [7, 11) is 0. The van der Waals surface area contributed by atoms with Crippen LogP contribution in [0.5, 0.6) is 0 Å². The first-order valence-electron chi connectivity index (χ1n) is 7.30. The molecule has 0 heterocycles. The molecule has 1 aromatic rings. The largest absolute Gasteiger partial charge is 0.398 e. The van der Waals surface area contributed by atoms with Crippen LogP contribution in [0.15, 0.2) is 24.3 Å². The third-order valence-electron chi connectivity index (χ3n) is 5.00. The summed E-state index contributed by atoms with van der Waals surface area (Å²) < 4.78 is 0. The first-order valence-corrected chi connectivity index (χ1v) is 7.30. The molecule has 2 aliphatic carbocycles. The van der Waals surface area contributed by atoms with E-state index in [1.165, 1.54) is 25.7 Å². The summed E-state index contributed by atoms with van der Waals surface area (Å²) in [4.78, 5) is 12.2. The maximum absolute atomic E-state index is 12.2. The van der Waals surface area contributed by atoms with Crippen molar-refractivity contribution in [1.82, 2.24) is 5.32 Å². The van der Waals surface area contributed by atoms with Crippen molar-refractivity contribution in [2.75, 3.05) is 5.73 Å². The van der Waals surface area contributed by atoms with Crippen molar-refractivity contribution in [2.24, 2.45) is 17.8 Å². The van der Waals surface area contributed by atoms with Crippen LogP contribution in [0, 0.1) is 17.8 Å². The number of carbonyl (C=O) groups excluding carboxylic acids is 1. The molecular weight excluding hydrogens is 236 g/mol. The average Bonchev–Trinajstić information content (AvgIpc) is 3.01. The van der Waals surface area contributed by atoms with E-state index in [-0.39, 0.29) is 11.9 Å². The van der Waals surface area contributed by atoms with Gasteiger partial charge in [0.25, 0.3) is 5.91 Å². The predicted octanol–water partition coefficient (Wildman–Crippen LogP) is 2.82. The summed E-state index contributed by atoms with van der Waals surface area (Å²) in [5, 5.41) is 3.14. The molecule has 0 radical (unpaired) electrons. The second-order valence-electron chi connectivity index (χ2n) is 6.19. The number of para-hydroxylation sites is 1. The number of carbonyl (C=O) groups is 1. The highest BCUT2D eigenvalue weighted by atomic mass is 16.1. The minimum Gasteiger partial charge on any atom is -0.398 e. The normalized spacial score (nSPS) is 30.3. The van der Waals surface area contributed by atoms with Gasteiger partial charge in [0.15, 0.2) is 0 Å². The predicted molar refractivity (Wildman–Crippen MR) is 76.7 cm³/mol. The van der Waals surface area contributed by atoms with Crippen LogP contribution in [0.1, 0.15) is 43.0 Å². The van der Waals surface area contributed by atoms with Crippen LogP contribution < -0.4 is 11.1 Å². The summed E-state index contributed by atoms with van der Waals surface area (Å²) in [5.74, 6) is 2.37. The fraction of sp³-hybridized carbons (Fsp3) is 0.562. The Labute approximate surface area is 114 Å². The quantitative estimate of drug-likeness (QED) is 0.819. The van der Waals surface area contributed by atoms with Crippen molar-refractivity contribution in [3.63, 3.8) is 0 Å². The number of fused-ring (bicyclic) bond motifs is 2. The highest BCUT2D eigenvalue weighted by Crippen LogP contribution is 2.49. The van der Waals surface area contributed by atoms with Crippen LogP contribution in [0.2, 0.25) is 0 Å². The zero-order valence-corrected chi connectivity index (χ0v) is 11.4. The SMILES string of the molecule is C[C@@H](NC(=O)c1ccccc1N)[C@H]1C[C@H]2CC[C@H]1C2. The molecule has 3 nitrogen and oxygen atoms in total. The zero-order valence-electron chi connectivity index (χ0n) is 11.4. The van der Waals surface area contributed by atoms with Gasteiger partial charge in [-0.25, -0.2) is 0 Å². The molecule has 1 amide bonds. The first-order chi connectivity index (χ1) is 9.15. The van der Waals surface area contributed by atoms with Gasteiger partial charge in [0.1, 0.15) is 0 Å². The molecule has 3 heteroatoms. The lowest BCUT2D eigenvalue weighted by molar-refractivity contribution is 0.0916. The molecule has 0 unspecified atom stereocenters. The Morgan fingerprint density at radius 2 is 2.11 bits per heavy atom. The Morgan fingerprint density at radius 1 is 1.32 bits per heavy atom. The molecule has 4 atom stereocenters. The molecule has 0 spiro atoms. The van der Waals surface area contributed by atoms with Crippen LogP contribution in [0.25, 0.3) is 0 Å². The van der Waals surface area contributed by atoms with Crippen LogP contribution in [-0.4, -0.2) is 11.9 Å². The van der Waals surface area contributed by atoms with Gasteiger partial charge in [-0.3, -0.25) is 4.79 Å². The van der Waals surface area contributed by atoms with Gasteiger partial charge in [0.2, 0.25) is 0 Å². The lowest BCUT2D eigenvalue weighted by Crippen LogP contribution is -2.40. The summed E-state index contributed by atoms with van der Waals surface area (Å²) in [5.41, 5.74) is 7.00. The molecule has 19 heavy (non-hydrogen) atoms. The number of rotatable bonds is 3. The van der Waals surface area contributed by atoms with Crippen molar-refractivity contribution in [2.45, 2.75) is 38.6 Å². The molecule has 3 N–H and O–H groups in total. The Bertz CT molecular complexity index is 485. The van der Waals surface area contributed by atoms with Crippen molar-refractivity contribution >= 4 is 11.6 Å². The Balaban J connectivity index is 1.65. The summed E-state index contributed by atoms with van der Waals surface area (Å²) in [6, 6.07) is 7.52. The Morgan fingerprint density at radius 3 is 2.74 bits per heavy atom. The van der Waals surface area contributed by atoms with Crippen LogP contribution in [0.3, 0.4) is 0 Å². The van der Waals surface area contributed by atoms with Crippen molar-refractivity contribution in [1.29, 1.82) is 0 Å². The fourth-order valence-electron chi connectivity index (χ4n) is 4.00. The molecular formula is C16H22N2O. The molecule has 2 fully saturated rings. The number of benzene rings is 1. The van der Waals surface area contributed by atoms with Crippen LogP contribution >= 0.6 is 0 Å². The summed E-state index contributed by atoms with van der Waals surface area (Å²) in [6.45, 7) is 2.14. The molecule has 0 aromatic heterocycles. The second kappa shape index (κ2) is 4.87. The van der Waals surface area contributed by atoms with E-state index in [1.807, 2.05) is 12.1 Å². The van der Waals surface area contributed by atoms with E-state index in [9.17, 15) is 4.79 Å². The van der Waals surface area contributed by atoms with E-state index in [1.54, 1.807) is 12.1 Å². The average molecular weight is 258 g/mol. The standard InChI is InChI=1S/C16H22N2O/c1-10(14-9-11-6-7-12(14)8-11)18-16(19)13-4-2-3-5-15(13)17/h2-5,10-12,14H,6-9,17H2,1H3,(H,18,19)/t10-,11+,12+,14-/m1/s1. The summed E-state index contributed by atoms with van der Waals surface area (Å²) >= 11 is 0. The van der Waals surface area contributed by atoms with E-state index in [2.05, 4.69) is 12.2 Å². The number of anilines is 1. The number of nitrogens with two attached hydrogens (primary N) is 1. The van der Waals surface area contributed by atoms with E-state index in [4.69, 9.17) is 5.73 Å². The van der Waals surface area contributed by atoms with Crippen molar-refractivity contribution in [3.8, 4) is 0 Å². The topological polar surface area (TPSA) is 55.1 Å².